The van der Waals surface area contributed by atoms with Crippen molar-refractivity contribution in [1.82, 2.24) is 9.88 Å². The summed E-state index contributed by atoms with van der Waals surface area (Å²) < 4.78 is 0. The highest BCUT2D eigenvalue weighted by Gasteiger charge is 2.18. The smallest absolute Gasteiger partial charge is 0.246 e. The number of aryl methyl sites for hydroxylation is 1. The van der Waals surface area contributed by atoms with Gasteiger partial charge in [-0.2, -0.15) is 0 Å². The fourth-order valence-corrected chi connectivity index (χ4v) is 2.77. The number of hydrogen-bond acceptors (Lipinski definition) is 3. The maximum absolute atomic E-state index is 12.1. The Labute approximate surface area is 143 Å². The average molecular weight is 323 g/mol. The molecule has 0 saturated heterocycles. The van der Waals surface area contributed by atoms with Crippen molar-refractivity contribution in [1.29, 1.82) is 0 Å². The maximum Gasteiger partial charge on any atom is 0.246 e. The van der Waals surface area contributed by atoms with Gasteiger partial charge in [0.05, 0.1) is 5.52 Å². The molecule has 0 N–H and O–H groups in total. The molecule has 0 spiro atoms. The Bertz CT molecular complexity index is 765. The van der Waals surface area contributed by atoms with E-state index in [-0.39, 0.29) is 5.91 Å². The van der Waals surface area contributed by atoms with Crippen LogP contribution in [0.3, 0.4) is 0 Å². The Hall–Kier alpha value is -2.36. The van der Waals surface area contributed by atoms with Gasteiger partial charge in [-0.05, 0) is 43.9 Å². The zero-order chi connectivity index (χ0) is 17.1. The number of pyridine rings is 1. The van der Waals surface area contributed by atoms with E-state index >= 15 is 0 Å². The number of amides is 1. The van der Waals surface area contributed by atoms with Crippen LogP contribution in [0.25, 0.3) is 10.9 Å². The molecule has 1 saturated carbocycles. The molecule has 3 rings (SSSR count). The first kappa shape index (κ1) is 16.5. The van der Waals surface area contributed by atoms with Crippen LogP contribution >= 0.6 is 0 Å². The first-order valence-electron chi connectivity index (χ1n) is 8.55. The summed E-state index contributed by atoms with van der Waals surface area (Å²) in [6.07, 6.45) is 6.22. The van der Waals surface area contributed by atoms with Gasteiger partial charge < -0.3 is 9.80 Å². The summed E-state index contributed by atoms with van der Waals surface area (Å²) in [4.78, 5) is 20.7. The lowest BCUT2D eigenvalue weighted by atomic mass is 10.1. The lowest BCUT2D eigenvalue weighted by Gasteiger charge is -2.24. The highest BCUT2D eigenvalue weighted by atomic mass is 16.2. The molecular weight excluding hydrogens is 298 g/mol. The molecule has 4 heteroatoms. The molecule has 1 aromatic heterocycles. The predicted molar refractivity (Wildman–Crippen MR) is 99.3 cm³/mol. The standard InChI is InChI=1S/C20H25N3O/c1-15-14-19(17-6-4-5-7-18(17)21-15)22(2)12-13-23(3)20(24)11-10-16-8-9-16/h4-7,10-11,14,16H,8-9,12-13H2,1-3H3. The number of likely N-dealkylation sites (N-methyl/N-ethyl adjacent to an activating group) is 2. The Morgan fingerprint density at radius 3 is 2.75 bits per heavy atom. The first-order chi connectivity index (χ1) is 11.5. The van der Waals surface area contributed by atoms with Crippen molar-refractivity contribution in [2.24, 2.45) is 5.92 Å². The van der Waals surface area contributed by atoms with Crippen LogP contribution in [0.2, 0.25) is 0 Å². The van der Waals surface area contributed by atoms with Crippen molar-refractivity contribution >= 4 is 22.5 Å². The molecular formula is C20H25N3O. The number of rotatable bonds is 6. The number of benzene rings is 1. The van der Waals surface area contributed by atoms with E-state index in [1.165, 1.54) is 12.8 Å². The average Bonchev–Trinajstić information content (AvgIpc) is 3.40. The van der Waals surface area contributed by atoms with E-state index in [9.17, 15) is 4.79 Å². The summed E-state index contributed by atoms with van der Waals surface area (Å²) in [5.41, 5.74) is 3.18. The Balaban J connectivity index is 1.66. The number of aromatic nitrogens is 1. The van der Waals surface area contributed by atoms with E-state index in [0.29, 0.717) is 12.5 Å². The van der Waals surface area contributed by atoms with Crippen LogP contribution in [0.1, 0.15) is 18.5 Å². The summed E-state index contributed by atoms with van der Waals surface area (Å²) >= 11 is 0. The Morgan fingerprint density at radius 1 is 1.25 bits per heavy atom. The molecule has 2 aromatic rings. The van der Waals surface area contributed by atoms with Crippen LogP contribution in [-0.4, -0.2) is 43.0 Å². The zero-order valence-electron chi connectivity index (χ0n) is 14.7. The number of fused-ring (bicyclic) bond motifs is 1. The van der Waals surface area contributed by atoms with Gasteiger partial charge in [-0.3, -0.25) is 9.78 Å². The fraction of sp³-hybridized carbons (Fsp3) is 0.400. The van der Waals surface area contributed by atoms with E-state index < -0.39 is 0 Å². The summed E-state index contributed by atoms with van der Waals surface area (Å²) in [6.45, 7) is 3.50. The summed E-state index contributed by atoms with van der Waals surface area (Å²) in [5, 5.41) is 1.15. The van der Waals surface area contributed by atoms with Gasteiger partial charge >= 0.3 is 0 Å². The molecule has 1 fully saturated rings. The first-order valence-corrected chi connectivity index (χ1v) is 8.55. The largest absolute Gasteiger partial charge is 0.372 e. The Kier molecular flexibility index (Phi) is 4.84. The molecule has 0 atom stereocenters. The number of allylic oxidation sites excluding steroid dienone is 1. The SMILES string of the molecule is Cc1cc(N(C)CCN(C)C(=O)C=CC2CC2)c2ccccc2n1. The lowest BCUT2D eigenvalue weighted by molar-refractivity contribution is -0.124. The van der Waals surface area contributed by atoms with Crippen LogP contribution in [0.5, 0.6) is 0 Å². The predicted octanol–water partition coefficient (Wildman–Crippen LogP) is 3.40. The highest BCUT2D eigenvalue weighted by molar-refractivity contribution is 5.92. The summed E-state index contributed by atoms with van der Waals surface area (Å²) in [6, 6.07) is 10.3. The highest BCUT2D eigenvalue weighted by Crippen LogP contribution is 2.30. The van der Waals surface area contributed by atoms with Crippen LogP contribution in [-0.2, 0) is 4.79 Å². The van der Waals surface area contributed by atoms with Gasteiger partial charge in [-0.15, -0.1) is 0 Å². The van der Waals surface area contributed by atoms with E-state index in [2.05, 4.69) is 29.1 Å². The quantitative estimate of drug-likeness (QED) is 0.765. The van der Waals surface area contributed by atoms with Gasteiger partial charge in [-0.1, -0.05) is 24.3 Å². The lowest BCUT2D eigenvalue weighted by Crippen LogP contribution is -2.34. The molecule has 24 heavy (non-hydrogen) atoms. The van der Waals surface area contributed by atoms with Crippen LogP contribution in [0.4, 0.5) is 5.69 Å². The minimum atomic E-state index is 0.0890. The van der Waals surface area contributed by atoms with Crippen molar-refractivity contribution in [3.05, 3.63) is 48.2 Å². The van der Waals surface area contributed by atoms with E-state index in [0.717, 1.165) is 28.8 Å². The zero-order valence-corrected chi connectivity index (χ0v) is 14.7. The van der Waals surface area contributed by atoms with Gasteiger partial charge in [0.1, 0.15) is 0 Å². The fourth-order valence-electron chi connectivity index (χ4n) is 2.77. The number of carbonyl (C=O) groups is 1. The maximum atomic E-state index is 12.1. The van der Waals surface area contributed by atoms with Gasteiger partial charge in [0.15, 0.2) is 0 Å². The van der Waals surface area contributed by atoms with E-state index in [4.69, 9.17) is 0 Å². The van der Waals surface area contributed by atoms with Crippen molar-refractivity contribution in [3.8, 4) is 0 Å². The van der Waals surface area contributed by atoms with Crippen LogP contribution in [0.15, 0.2) is 42.5 Å². The van der Waals surface area contributed by atoms with Gasteiger partial charge in [0.25, 0.3) is 0 Å². The van der Waals surface area contributed by atoms with Crippen molar-refractivity contribution < 1.29 is 4.79 Å². The molecule has 1 amide bonds. The molecule has 4 nitrogen and oxygen atoms in total. The molecule has 0 radical (unpaired) electrons. The molecule has 0 bridgehead atoms. The molecule has 1 aliphatic rings. The minimum absolute atomic E-state index is 0.0890. The number of carbonyl (C=O) groups excluding carboxylic acids is 1. The monoisotopic (exact) mass is 323 g/mol. The molecule has 0 unspecified atom stereocenters. The van der Waals surface area contributed by atoms with E-state index in [1.54, 1.807) is 11.0 Å². The molecule has 126 valence electrons. The number of para-hydroxylation sites is 1. The third-order valence-corrected chi connectivity index (χ3v) is 4.51. The van der Waals surface area contributed by atoms with Gasteiger partial charge in [0, 0.05) is 44.0 Å². The van der Waals surface area contributed by atoms with Gasteiger partial charge in [-0.25, -0.2) is 0 Å². The van der Waals surface area contributed by atoms with Crippen molar-refractivity contribution in [2.45, 2.75) is 19.8 Å². The van der Waals surface area contributed by atoms with E-state index in [1.807, 2.05) is 38.2 Å². The second kappa shape index (κ2) is 7.04. The topological polar surface area (TPSA) is 36.4 Å². The molecule has 0 aliphatic heterocycles. The van der Waals surface area contributed by atoms with Crippen molar-refractivity contribution in [3.63, 3.8) is 0 Å². The normalized spacial score (nSPS) is 14.3. The minimum Gasteiger partial charge on any atom is -0.372 e. The van der Waals surface area contributed by atoms with Gasteiger partial charge in [0.2, 0.25) is 5.91 Å². The third kappa shape index (κ3) is 3.94. The third-order valence-electron chi connectivity index (χ3n) is 4.51. The number of nitrogens with zero attached hydrogens (tertiary/aromatic N) is 3. The van der Waals surface area contributed by atoms with Crippen molar-refractivity contribution in [2.75, 3.05) is 32.1 Å². The summed E-state index contributed by atoms with van der Waals surface area (Å²) in [7, 11) is 3.93. The molecule has 1 aliphatic carbocycles. The molecule has 1 heterocycles. The van der Waals surface area contributed by atoms with Crippen LogP contribution < -0.4 is 4.90 Å². The summed E-state index contributed by atoms with van der Waals surface area (Å²) in [5.74, 6) is 0.724. The molecule has 1 aromatic carbocycles. The number of hydrogen-bond donors (Lipinski definition) is 0. The second-order valence-electron chi connectivity index (χ2n) is 6.68. The Morgan fingerprint density at radius 2 is 2.00 bits per heavy atom. The number of anilines is 1. The van der Waals surface area contributed by atoms with Crippen LogP contribution in [0, 0.1) is 12.8 Å². The second-order valence-corrected chi connectivity index (χ2v) is 6.68.